The minimum absolute atomic E-state index is 0.0340. The van der Waals surface area contributed by atoms with E-state index in [1.807, 2.05) is 78.2 Å². The summed E-state index contributed by atoms with van der Waals surface area (Å²) in [5, 5.41) is 0. The zero-order valence-electron chi connectivity index (χ0n) is 40.2. The molecule has 4 aromatic carbocycles. The third kappa shape index (κ3) is 11.1. The van der Waals surface area contributed by atoms with Gasteiger partial charge in [0.15, 0.2) is 23.0 Å². The lowest BCUT2D eigenvalue weighted by Gasteiger charge is -2.40. The van der Waals surface area contributed by atoms with Crippen LogP contribution in [0, 0.1) is 5.92 Å². The lowest BCUT2D eigenvalue weighted by Crippen LogP contribution is -2.52. The number of piperazine rings is 2. The van der Waals surface area contributed by atoms with Crippen LogP contribution in [0.3, 0.4) is 0 Å². The van der Waals surface area contributed by atoms with Crippen molar-refractivity contribution in [2.24, 2.45) is 5.92 Å². The van der Waals surface area contributed by atoms with Gasteiger partial charge >= 0.3 is 0 Å². The highest BCUT2D eigenvalue weighted by atomic mass is 16.5. The van der Waals surface area contributed by atoms with E-state index in [4.69, 9.17) is 28.4 Å². The summed E-state index contributed by atoms with van der Waals surface area (Å²) in [4.78, 5) is 39.0. The van der Waals surface area contributed by atoms with Crippen molar-refractivity contribution in [3.05, 3.63) is 95.6 Å². The van der Waals surface area contributed by atoms with Gasteiger partial charge in [0.1, 0.15) is 11.5 Å². The summed E-state index contributed by atoms with van der Waals surface area (Å²) in [5.74, 6) is 2.87. The molecule has 0 bridgehead atoms. The molecular weight excluding hydrogens is 833 g/mol. The van der Waals surface area contributed by atoms with Gasteiger partial charge in [0.2, 0.25) is 11.8 Å². The SMILES string of the molecule is CCCCCOc1ccc(C2c3cc(OCCCCC)c(OC)cc3C(CC(=O)N3CCN(c4ccccc4OCC)CC3)C2C(=O)N2CCN(c3ccccc3OCC)CC2)cc1OC. The molecule has 356 valence electrons. The normalized spacial score (nSPS) is 18.2. The van der Waals surface area contributed by atoms with Crippen LogP contribution in [0.15, 0.2) is 78.9 Å². The molecule has 0 spiro atoms. The standard InChI is InChI=1S/C54H72N4O8/c1-7-11-17-33-65-47-24-23-39(35-48(47)61-5)52-41-37-50(66-34-18-12-8-2)49(62-6)36-40(41)42(38-51(59)57-29-25-55(26-30-57)43-19-13-15-21-45(43)63-9-3)53(52)54(60)58-31-27-56(28-32-58)44-20-14-16-22-46(44)64-10-4/h13-16,19-24,35-37,42,52-53H,7-12,17-18,25-34,38H2,1-6H3. The highest BCUT2D eigenvalue weighted by Gasteiger charge is 2.49. The molecule has 0 saturated carbocycles. The Bertz CT molecular complexity index is 2200. The smallest absolute Gasteiger partial charge is 0.227 e. The molecule has 2 aliphatic heterocycles. The van der Waals surface area contributed by atoms with Crippen LogP contribution in [0.2, 0.25) is 0 Å². The highest BCUT2D eigenvalue weighted by molar-refractivity contribution is 5.87. The number of unbranched alkanes of at least 4 members (excludes halogenated alkanes) is 4. The van der Waals surface area contributed by atoms with Gasteiger partial charge in [0.25, 0.3) is 0 Å². The number of rotatable bonds is 22. The van der Waals surface area contributed by atoms with E-state index < -0.39 is 17.8 Å². The largest absolute Gasteiger partial charge is 0.493 e. The number of carbonyl (C=O) groups is 2. The first-order valence-corrected chi connectivity index (χ1v) is 24.5. The topological polar surface area (TPSA) is 102 Å². The Labute approximate surface area is 393 Å². The van der Waals surface area contributed by atoms with Gasteiger partial charge in [-0.15, -0.1) is 0 Å². The first-order valence-electron chi connectivity index (χ1n) is 24.5. The van der Waals surface area contributed by atoms with Crippen molar-refractivity contribution in [3.63, 3.8) is 0 Å². The van der Waals surface area contributed by atoms with Crippen molar-refractivity contribution in [2.45, 2.75) is 84.5 Å². The number of anilines is 2. The highest BCUT2D eigenvalue weighted by Crippen LogP contribution is 2.55. The van der Waals surface area contributed by atoms with Crippen molar-refractivity contribution < 1.29 is 38.0 Å². The number of methoxy groups -OCH3 is 2. The molecule has 0 N–H and O–H groups in total. The molecule has 3 atom stereocenters. The zero-order valence-corrected chi connectivity index (χ0v) is 40.2. The average molecular weight is 905 g/mol. The molecule has 66 heavy (non-hydrogen) atoms. The second kappa shape index (κ2) is 23.6. The number of carbonyl (C=O) groups excluding carboxylic acids is 2. The molecule has 2 saturated heterocycles. The third-order valence-corrected chi connectivity index (χ3v) is 13.4. The maximum absolute atomic E-state index is 15.6. The minimum Gasteiger partial charge on any atom is -0.493 e. The van der Waals surface area contributed by atoms with Gasteiger partial charge in [0, 0.05) is 70.6 Å². The van der Waals surface area contributed by atoms with Gasteiger partial charge in [0.05, 0.1) is 57.9 Å². The van der Waals surface area contributed by atoms with Gasteiger partial charge in [-0.3, -0.25) is 9.59 Å². The molecule has 3 unspecified atom stereocenters. The van der Waals surface area contributed by atoms with Crippen molar-refractivity contribution in [3.8, 4) is 34.5 Å². The molecule has 0 radical (unpaired) electrons. The minimum atomic E-state index is -0.591. The lowest BCUT2D eigenvalue weighted by atomic mass is 9.79. The predicted octanol–water partition coefficient (Wildman–Crippen LogP) is 9.57. The van der Waals surface area contributed by atoms with Crippen LogP contribution >= 0.6 is 0 Å². The fourth-order valence-electron chi connectivity index (χ4n) is 9.96. The molecule has 12 nitrogen and oxygen atoms in total. The Morgan fingerprint density at radius 1 is 0.530 bits per heavy atom. The third-order valence-electron chi connectivity index (χ3n) is 13.4. The Balaban J connectivity index is 1.24. The van der Waals surface area contributed by atoms with Crippen LogP contribution in [0.4, 0.5) is 11.4 Å². The summed E-state index contributed by atoms with van der Waals surface area (Å²) in [6, 6.07) is 26.4. The molecule has 2 fully saturated rings. The van der Waals surface area contributed by atoms with E-state index in [9.17, 15) is 4.79 Å². The van der Waals surface area contributed by atoms with Crippen LogP contribution in [-0.4, -0.2) is 115 Å². The molecule has 2 amide bonds. The van der Waals surface area contributed by atoms with Crippen LogP contribution < -0.4 is 38.2 Å². The molecule has 7 rings (SSSR count). The molecule has 4 aromatic rings. The molecule has 3 aliphatic rings. The first kappa shape index (κ1) is 48.2. The van der Waals surface area contributed by atoms with E-state index in [1.165, 1.54) is 0 Å². The van der Waals surface area contributed by atoms with Crippen molar-refractivity contribution >= 4 is 23.2 Å². The quantitative estimate of drug-likeness (QED) is 0.0709. The first-order chi connectivity index (χ1) is 32.3. The molecular formula is C54H72N4O8. The Hall–Kier alpha value is -5.78. The number of amides is 2. The fourth-order valence-corrected chi connectivity index (χ4v) is 9.96. The molecule has 12 heteroatoms. The molecule has 1 aliphatic carbocycles. The maximum atomic E-state index is 15.6. The van der Waals surface area contributed by atoms with Gasteiger partial charge in [-0.25, -0.2) is 0 Å². The van der Waals surface area contributed by atoms with Gasteiger partial charge < -0.3 is 48.0 Å². The number of fused-ring (bicyclic) bond motifs is 1. The number of benzene rings is 4. The second-order valence-electron chi connectivity index (χ2n) is 17.4. The Kier molecular flexibility index (Phi) is 17.2. The Morgan fingerprint density at radius 2 is 1.05 bits per heavy atom. The summed E-state index contributed by atoms with van der Waals surface area (Å²) < 4.78 is 36.7. The molecule has 2 heterocycles. The van der Waals surface area contributed by atoms with E-state index in [1.54, 1.807) is 14.2 Å². The Morgan fingerprint density at radius 3 is 1.59 bits per heavy atom. The lowest BCUT2D eigenvalue weighted by molar-refractivity contribution is -0.138. The fraction of sp³-hybridized carbons (Fsp3) is 0.519. The summed E-state index contributed by atoms with van der Waals surface area (Å²) in [5.41, 5.74) is 4.91. The van der Waals surface area contributed by atoms with Crippen LogP contribution in [0.5, 0.6) is 34.5 Å². The van der Waals surface area contributed by atoms with Crippen LogP contribution in [0.1, 0.15) is 101 Å². The maximum Gasteiger partial charge on any atom is 0.227 e. The van der Waals surface area contributed by atoms with Crippen LogP contribution in [0.25, 0.3) is 0 Å². The number of ether oxygens (including phenoxy) is 6. The average Bonchev–Trinajstić information content (AvgIpc) is 3.66. The van der Waals surface area contributed by atoms with Crippen molar-refractivity contribution in [2.75, 3.05) is 103 Å². The van der Waals surface area contributed by atoms with E-state index in [-0.39, 0.29) is 18.2 Å². The molecule has 0 aromatic heterocycles. The number of hydrogen-bond donors (Lipinski definition) is 0. The number of hydrogen-bond acceptors (Lipinski definition) is 10. The summed E-state index contributed by atoms with van der Waals surface area (Å²) >= 11 is 0. The number of para-hydroxylation sites is 4. The summed E-state index contributed by atoms with van der Waals surface area (Å²) in [7, 11) is 3.32. The van der Waals surface area contributed by atoms with Gasteiger partial charge in [-0.05, 0) is 91.9 Å². The van der Waals surface area contributed by atoms with Crippen LogP contribution in [-0.2, 0) is 9.59 Å². The second-order valence-corrected chi connectivity index (χ2v) is 17.4. The van der Waals surface area contributed by atoms with Crippen molar-refractivity contribution in [1.82, 2.24) is 9.80 Å². The monoisotopic (exact) mass is 905 g/mol. The van der Waals surface area contributed by atoms with E-state index in [2.05, 4.69) is 47.9 Å². The van der Waals surface area contributed by atoms with E-state index in [0.29, 0.717) is 102 Å². The van der Waals surface area contributed by atoms with Gasteiger partial charge in [-0.1, -0.05) is 69.9 Å². The number of nitrogens with zero attached hydrogens (tertiary/aromatic N) is 4. The van der Waals surface area contributed by atoms with E-state index >= 15 is 4.79 Å². The zero-order chi connectivity index (χ0) is 46.4. The van der Waals surface area contributed by atoms with Gasteiger partial charge in [-0.2, -0.15) is 0 Å². The van der Waals surface area contributed by atoms with E-state index in [0.717, 1.165) is 78.1 Å². The van der Waals surface area contributed by atoms with Crippen molar-refractivity contribution in [1.29, 1.82) is 0 Å². The predicted molar refractivity (Wildman–Crippen MR) is 262 cm³/mol. The summed E-state index contributed by atoms with van der Waals surface area (Å²) in [6.07, 6.45) is 6.36. The summed E-state index contributed by atoms with van der Waals surface area (Å²) in [6.45, 7) is 15.5.